The first kappa shape index (κ1) is 20.8. The lowest BCUT2D eigenvalue weighted by Crippen LogP contribution is -2.53. The molecule has 5 nitrogen and oxygen atoms in total. The summed E-state index contributed by atoms with van der Waals surface area (Å²) < 4.78 is 6.59. The second-order valence-corrected chi connectivity index (χ2v) is 10.3. The van der Waals surface area contributed by atoms with Crippen molar-refractivity contribution in [2.24, 2.45) is 5.92 Å². The Morgan fingerprint density at radius 2 is 1.74 bits per heavy atom. The van der Waals surface area contributed by atoms with Crippen molar-refractivity contribution in [3.63, 3.8) is 0 Å². The molecule has 31 heavy (non-hydrogen) atoms. The second kappa shape index (κ2) is 8.84. The molecule has 1 N–H and O–H groups in total. The number of ether oxygens (including phenoxy) is 1. The van der Waals surface area contributed by atoms with Crippen LogP contribution in [-0.2, 0) is 9.59 Å². The standard InChI is InChI=1S/C26H36N2O3/c29-24(27-21-9-6-10-21)17-20-18-26(31-23-12-5-4-11-22(20)23)13-15-28(16-14-26)25(30)19-7-2-1-3-8-19/h4-5,11-12,19-21H,1-3,6-10,13-18H2,(H,27,29). The summed E-state index contributed by atoms with van der Waals surface area (Å²) in [7, 11) is 0. The van der Waals surface area contributed by atoms with Crippen LogP contribution in [0.5, 0.6) is 5.75 Å². The highest BCUT2D eigenvalue weighted by Crippen LogP contribution is 2.46. The van der Waals surface area contributed by atoms with Gasteiger partial charge in [-0.3, -0.25) is 9.59 Å². The zero-order valence-corrected chi connectivity index (χ0v) is 18.6. The fourth-order valence-corrected chi connectivity index (χ4v) is 6.04. The smallest absolute Gasteiger partial charge is 0.225 e. The van der Waals surface area contributed by atoms with Crippen molar-refractivity contribution in [2.75, 3.05) is 13.1 Å². The molecule has 0 aromatic heterocycles. The number of para-hydroxylation sites is 1. The number of benzene rings is 1. The number of amides is 2. The Morgan fingerprint density at radius 3 is 2.45 bits per heavy atom. The SMILES string of the molecule is O=C(CC1CC2(CCN(C(=O)C3CCCCC3)CC2)Oc2ccccc21)NC1CCC1. The Bertz CT molecular complexity index is 805. The van der Waals surface area contributed by atoms with Gasteiger partial charge in [-0.1, -0.05) is 37.5 Å². The summed E-state index contributed by atoms with van der Waals surface area (Å²) >= 11 is 0. The summed E-state index contributed by atoms with van der Waals surface area (Å²) in [5.41, 5.74) is 0.914. The van der Waals surface area contributed by atoms with Gasteiger partial charge in [-0.2, -0.15) is 0 Å². The largest absolute Gasteiger partial charge is 0.487 e. The minimum Gasteiger partial charge on any atom is -0.487 e. The van der Waals surface area contributed by atoms with E-state index in [9.17, 15) is 9.59 Å². The summed E-state index contributed by atoms with van der Waals surface area (Å²) in [6.45, 7) is 1.55. The first-order chi connectivity index (χ1) is 15.1. The summed E-state index contributed by atoms with van der Waals surface area (Å²) in [6.07, 6.45) is 12.4. The molecule has 1 spiro atoms. The van der Waals surface area contributed by atoms with Crippen molar-refractivity contribution in [3.05, 3.63) is 29.8 Å². The molecule has 0 bridgehead atoms. The Morgan fingerprint density at radius 1 is 1.00 bits per heavy atom. The highest BCUT2D eigenvalue weighted by Gasteiger charge is 2.45. The number of carbonyl (C=O) groups excluding carboxylic acids is 2. The summed E-state index contributed by atoms with van der Waals surface area (Å²) in [4.78, 5) is 27.8. The summed E-state index contributed by atoms with van der Waals surface area (Å²) in [5.74, 6) is 1.89. The van der Waals surface area contributed by atoms with Crippen LogP contribution in [0.4, 0.5) is 0 Å². The van der Waals surface area contributed by atoms with E-state index >= 15 is 0 Å². The third-order valence-corrected chi connectivity index (χ3v) is 8.15. The fourth-order valence-electron chi connectivity index (χ4n) is 6.04. The van der Waals surface area contributed by atoms with Crippen LogP contribution in [0, 0.1) is 5.92 Å². The van der Waals surface area contributed by atoms with Crippen LogP contribution in [0.3, 0.4) is 0 Å². The zero-order chi connectivity index (χ0) is 21.3. The highest BCUT2D eigenvalue weighted by molar-refractivity contribution is 5.79. The number of nitrogens with zero attached hydrogens (tertiary/aromatic N) is 1. The van der Waals surface area contributed by atoms with Gasteiger partial charge in [0.1, 0.15) is 11.4 Å². The zero-order valence-electron chi connectivity index (χ0n) is 18.6. The quantitative estimate of drug-likeness (QED) is 0.771. The van der Waals surface area contributed by atoms with Gasteiger partial charge in [0, 0.05) is 50.2 Å². The van der Waals surface area contributed by atoms with E-state index in [1.165, 1.54) is 25.7 Å². The predicted molar refractivity (Wildman–Crippen MR) is 120 cm³/mol. The molecule has 0 radical (unpaired) electrons. The average Bonchev–Trinajstić information content (AvgIpc) is 2.77. The Kier molecular flexibility index (Phi) is 5.94. The van der Waals surface area contributed by atoms with Gasteiger partial charge in [0.25, 0.3) is 0 Å². The number of likely N-dealkylation sites (tertiary alicyclic amines) is 1. The minimum absolute atomic E-state index is 0.173. The second-order valence-electron chi connectivity index (χ2n) is 10.3. The lowest BCUT2D eigenvalue weighted by atomic mass is 9.75. The van der Waals surface area contributed by atoms with E-state index in [2.05, 4.69) is 16.3 Å². The molecular formula is C26H36N2O3. The number of hydrogen-bond donors (Lipinski definition) is 1. The molecule has 1 unspecified atom stereocenters. The first-order valence-corrected chi connectivity index (χ1v) is 12.5. The van der Waals surface area contributed by atoms with Crippen LogP contribution >= 0.6 is 0 Å². The number of carbonyl (C=O) groups is 2. The van der Waals surface area contributed by atoms with Crippen molar-refractivity contribution in [2.45, 2.75) is 94.6 Å². The van der Waals surface area contributed by atoms with Gasteiger partial charge in [0.15, 0.2) is 0 Å². The van der Waals surface area contributed by atoms with Crippen molar-refractivity contribution in [1.29, 1.82) is 0 Å². The van der Waals surface area contributed by atoms with E-state index in [-0.39, 0.29) is 23.3 Å². The van der Waals surface area contributed by atoms with Crippen LogP contribution in [0.15, 0.2) is 24.3 Å². The van der Waals surface area contributed by atoms with Gasteiger partial charge in [0.05, 0.1) is 0 Å². The van der Waals surface area contributed by atoms with Gasteiger partial charge in [-0.05, 0) is 50.2 Å². The maximum absolute atomic E-state index is 13.0. The molecule has 3 fully saturated rings. The summed E-state index contributed by atoms with van der Waals surface area (Å²) in [6, 6.07) is 8.61. The van der Waals surface area contributed by atoms with E-state index in [1.807, 2.05) is 18.2 Å². The van der Waals surface area contributed by atoms with Gasteiger partial charge in [-0.15, -0.1) is 0 Å². The Hall–Kier alpha value is -2.04. The maximum Gasteiger partial charge on any atom is 0.225 e. The molecule has 2 aliphatic heterocycles. The molecular weight excluding hydrogens is 388 g/mol. The van der Waals surface area contributed by atoms with E-state index in [0.717, 1.165) is 69.3 Å². The molecule has 5 heteroatoms. The van der Waals surface area contributed by atoms with Crippen molar-refractivity contribution >= 4 is 11.8 Å². The molecule has 1 aromatic carbocycles. The molecule has 2 heterocycles. The Labute approximate surface area is 185 Å². The summed E-state index contributed by atoms with van der Waals surface area (Å²) in [5, 5.41) is 3.21. The van der Waals surface area contributed by atoms with Crippen LogP contribution < -0.4 is 10.1 Å². The monoisotopic (exact) mass is 424 g/mol. The third kappa shape index (κ3) is 4.47. The molecule has 2 aliphatic carbocycles. The highest BCUT2D eigenvalue weighted by atomic mass is 16.5. The maximum atomic E-state index is 13.0. The van der Waals surface area contributed by atoms with E-state index in [1.54, 1.807) is 0 Å². The van der Waals surface area contributed by atoms with Crippen LogP contribution in [-0.4, -0.2) is 41.4 Å². The molecule has 1 saturated heterocycles. The molecule has 2 saturated carbocycles. The topological polar surface area (TPSA) is 58.6 Å². The van der Waals surface area contributed by atoms with Crippen LogP contribution in [0.25, 0.3) is 0 Å². The first-order valence-electron chi connectivity index (χ1n) is 12.5. The number of hydrogen-bond acceptors (Lipinski definition) is 3. The number of nitrogens with one attached hydrogen (secondary N) is 1. The fraction of sp³-hybridized carbons (Fsp3) is 0.692. The normalized spacial score (nSPS) is 25.9. The average molecular weight is 425 g/mol. The third-order valence-electron chi connectivity index (χ3n) is 8.15. The number of fused-ring (bicyclic) bond motifs is 1. The minimum atomic E-state index is -0.251. The number of piperidine rings is 1. The van der Waals surface area contributed by atoms with Crippen molar-refractivity contribution in [3.8, 4) is 5.75 Å². The van der Waals surface area contributed by atoms with Gasteiger partial charge >= 0.3 is 0 Å². The van der Waals surface area contributed by atoms with Crippen molar-refractivity contribution < 1.29 is 14.3 Å². The van der Waals surface area contributed by atoms with Gasteiger partial charge < -0.3 is 15.0 Å². The molecule has 1 aromatic rings. The van der Waals surface area contributed by atoms with Crippen molar-refractivity contribution in [1.82, 2.24) is 10.2 Å². The van der Waals surface area contributed by atoms with Crippen LogP contribution in [0.1, 0.15) is 88.5 Å². The van der Waals surface area contributed by atoms with Gasteiger partial charge in [0.2, 0.25) is 11.8 Å². The van der Waals surface area contributed by atoms with E-state index < -0.39 is 0 Å². The molecule has 168 valence electrons. The molecule has 5 rings (SSSR count). The van der Waals surface area contributed by atoms with E-state index in [0.29, 0.717) is 18.4 Å². The van der Waals surface area contributed by atoms with E-state index in [4.69, 9.17) is 4.74 Å². The molecule has 2 amide bonds. The Balaban J connectivity index is 1.25. The number of rotatable bonds is 4. The predicted octanol–water partition coefficient (Wildman–Crippen LogP) is 4.55. The lowest BCUT2D eigenvalue weighted by Gasteiger charge is -2.47. The molecule has 4 aliphatic rings. The molecule has 1 atom stereocenters. The van der Waals surface area contributed by atoms with Gasteiger partial charge in [-0.25, -0.2) is 0 Å². The van der Waals surface area contributed by atoms with Crippen LogP contribution in [0.2, 0.25) is 0 Å². The lowest BCUT2D eigenvalue weighted by molar-refractivity contribution is -0.140.